The highest BCUT2D eigenvalue weighted by Crippen LogP contribution is 2.23. The van der Waals surface area contributed by atoms with Crippen LogP contribution in [0.25, 0.3) is 11.0 Å². The Bertz CT molecular complexity index is 590. The van der Waals surface area contributed by atoms with Crippen LogP contribution in [0.3, 0.4) is 0 Å². The lowest BCUT2D eigenvalue weighted by atomic mass is 10.2. The van der Waals surface area contributed by atoms with Crippen LogP contribution in [-0.2, 0) is 13.6 Å². The number of rotatable bonds is 4. The molecule has 0 amide bonds. The summed E-state index contributed by atoms with van der Waals surface area (Å²) in [7, 11) is 1.94. The Hall–Kier alpha value is -0.720. The molecule has 108 valence electrons. The van der Waals surface area contributed by atoms with Crippen molar-refractivity contribution in [1.29, 1.82) is 0 Å². The molecule has 4 nitrogen and oxygen atoms in total. The fourth-order valence-corrected chi connectivity index (χ4v) is 5.13. The van der Waals surface area contributed by atoms with Crippen LogP contribution in [-0.4, -0.2) is 43.8 Å². The third-order valence-electron chi connectivity index (χ3n) is 3.51. The van der Waals surface area contributed by atoms with E-state index >= 15 is 0 Å². The monoisotopic (exact) mass is 308 g/mol. The van der Waals surface area contributed by atoms with Gasteiger partial charge in [-0.1, -0.05) is 0 Å². The Morgan fingerprint density at radius 1 is 1.45 bits per heavy atom. The van der Waals surface area contributed by atoms with Crippen molar-refractivity contribution in [3.05, 3.63) is 23.5 Å². The van der Waals surface area contributed by atoms with Gasteiger partial charge in [-0.05, 0) is 18.6 Å². The summed E-state index contributed by atoms with van der Waals surface area (Å²) in [4.78, 5) is 4.52. The first-order valence-corrected chi connectivity index (χ1v) is 9.12. The first-order chi connectivity index (χ1) is 9.74. The average Bonchev–Trinajstić information content (AvgIpc) is 2.75. The van der Waals surface area contributed by atoms with Crippen molar-refractivity contribution >= 4 is 34.6 Å². The Kier molecular flexibility index (Phi) is 4.53. The lowest BCUT2D eigenvalue weighted by Crippen LogP contribution is -2.28. The maximum absolute atomic E-state index is 4.52. The van der Waals surface area contributed by atoms with Gasteiger partial charge in [-0.3, -0.25) is 4.68 Å². The minimum Gasteiger partial charge on any atom is -0.311 e. The number of hydrogen-bond donors (Lipinski definition) is 1. The van der Waals surface area contributed by atoms with Crippen molar-refractivity contribution in [1.82, 2.24) is 20.1 Å². The molecule has 1 fully saturated rings. The Labute approximate surface area is 128 Å². The summed E-state index contributed by atoms with van der Waals surface area (Å²) in [6.07, 6.45) is 1.96. The number of fused-ring (bicyclic) bond motifs is 1. The van der Waals surface area contributed by atoms with Crippen molar-refractivity contribution in [3.63, 3.8) is 0 Å². The number of aromatic nitrogens is 3. The molecule has 1 atom stereocenters. The van der Waals surface area contributed by atoms with Gasteiger partial charge in [-0.2, -0.15) is 28.6 Å². The molecule has 1 saturated heterocycles. The van der Waals surface area contributed by atoms with E-state index in [0.717, 1.165) is 35.1 Å². The molecule has 0 aromatic carbocycles. The van der Waals surface area contributed by atoms with E-state index in [2.05, 4.69) is 45.0 Å². The molecule has 6 heteroatoms. The molecule has 3 heterocycles. The van der Waals surface area contributed by atoms with Gasteiger partial charge in [0, 0.05) is 54.2 Å². The van der Waals surface area contributed by atoms with Crippen LogP contribution >= 0.6 is 23.5 Å². The summed E-state index contributed by atoms with van der Waals surface area (Å²) in [5.41, 5.74) is 3.25. The van der Waals surface area contributed by atoms with Crippen LogP contribution in [0.15, 0.2) is 12.3 Å². The second-order valence-corrected chi connectivity index (χ2v) is 7.68. The molecule has 1 N–H and O–H groups in total. The lowest BCUT2D eigenvalue weighted by molar-refractivity contribution is 0.685. The Balaban J connectivity index is 1.61. The van der Waals surface area contributed by atoms with Gasteiger partial charge in [0.25, 0.3) is 0 Å². The van der Waals surface area contributed by atoms with Gasteiger partial charge in [-0.25, -0.2) is 4.98 Å². The van der Waals surface area contributed by atoms with E-state index in [1.54, 1.807) is 0 Å². The third kappa shape index (κ3) is 3.13. The Morgan fingerprint density at radius 2 is 2.35 bits per heavy atom. The first-order valence-electron chi connectivity index (χ1n) is 6.92. The van der Waals surface area contributed by atoms with Crippen LogP contribution in [0, 0.1) is 6.92 Å². The van der Waals surface area contributed by atoms with E-state index in [9.17, 15) is 0 Å². The summed E-state index contributed by atoms with van der Waals surface area (Å²) in [6, 6.07) is 2.21. The van der Waals surface area contributed by atoms with E-state index in [0.29, 0.717) is 0 Å². The molecule has 0 aliphatic carbocycles. The van der Waals surface area contributed by atoms with Gasteiger partial charge >= 0.3 is 0 Å². The maximum Gasteiger partial charge on any atom is 0.157 e. The zero-order valence-electron chi connectivity index (χ0n) is 11.9. The predicted molar refractivity (Wildman–Crippen MR) is 88.5 cm³/mol. The van der Waals surface area contributed by atoms with Crippen LogP contribution in [0.1, 0.15) is 11.3 Å². The minimum absolute atomic E-state index is 0.755. The molecule has 0 bridgehead atoms. The standard InChI is InChI=1S/C14H20N4S2/c1-10-13-5-11(7-16-14(13)18(2)17-10)6-15-8-12-9-19-3-4-20-12/h5,7,12,15H,3-4,6,8-9H2,1-2H3. The van der Waals surface area contributed by atoms with E-state index in [1.165, 1.54) is 22.8 Å². The van der Waals surface area contributed by atoms with Crippen molar-refractivity contribution in [3.8, 4) is 0 Å². The second-order valence-electron chi connectivity index (χ2n) is 5.12. The van der Waals surface area contributed by atoms with Gasteiger partial charge in [0.05, 0.1) is 5.69 Å². The number of hydrogen-bond acceptors (Lipinski definition) is 5. The molecule has 0 spiro atoms. The van der Waals surface area contributed by atoms with Gasteiger partial charge in [-0.15, -0.1) is 0 Å². The van der Waals surface area contributed by atoms with Crippen LogP contribution in [0.2, 0.25) is 0 Å². The van der Waals surface area contributed by atoms with E-state index in [1.807, 2.05) is 24.9 Å². The topological polar surface area (TPSA) is 42.7 Å². The van der Waals surface area contributed by atoms with Crippen molar-refractivity contribution in [2.75, 3.05) is 23.8 Å². The van der Waals surface area contributed by atoms with Crippen molar-refractivity contribution in [2.24, 2.45) is 7.05 Å². The maximum atomic E-state index is 4.52. The highest BCUT2D eigenvalue weighted by atomic mass is 32.2. The summed E-state index contributed by atoms with van der Waals surface area (Å²) in [6.45, 7) is 4.01. The molecular weight excluding hydrogens is 288 g/mol. The zero-order valence-corrected chi connectivity index (χ0v) is 13.6. The molecule has 1 aliphatic rings. The summed E-state index contributed by atoms with van der Waals surface area (Å²) in [5, 5.41) is 9.89. The molecule has 2 aromatic rings. The normalized spacial score (nSPS) is 19.6. The smallest absolute Gasteiger partial charge is 0.157 e. The molecule has 3 rings (SSSR count). The van der Waals surface area contributed by atoms with Gasteiger partial charge in [0.15, 0.2) is 5.65 Å². The SMILES string of the molecule is Cc1nn(C)c2ncc(CNCC3CSCCS3)cc12. The fourth-order valence-electron chi connectivity index (χ4n) is 2.48. The molecule has 2 aromatic heterocycles. The summed E-state index contributed by atoms with van der Waals surface area (Å²) in [5.74, 6) is 3.87. The van der Waals surface area contributed by atoms with Crippen LogP contribution in [0.5, 0.6) is 0 Å². The van der Waals surface area contributed by atoms with E-state index in [-0.39, 0.29) is 0 Å². The first kappa shape index (κ1) is 14.2. The number of nitrogens with one attached hydrogen (secondary N) is 1. The largest absolute Gasteiger partial charge is 0.311 e. The second kappa shape index (κ2) is 6.37. The van der Waals surface area contributed by atoms with Crippen LogP contribution in [0.4, 0.5) is 0 Å². The third-order valence-corrected chi connectivity index (χ3v) is 6.35. The molecular formula is C14H20N4S2. The molecule has 0 radical (unpaired) electrons. The number of thioether (sulfide) groups is 2. The van der Waals surface area contributed by atoms with Gasteiger partial charge < -0.3 is 5.32 Å². The molecule has 0 saturated carbocycles. The molecule has 1 unspecified atom stereocenters. The van der Waals surface area contributed by atoms with E-state index in [4.69, 9.17) is 0 Å². The highest BCUT2D eigenvalue weighted by Gasteiger charge is 2.13. The molecule has 1 aliphatic heterocycles. The minimum atomic E-state index is 0.755. The predicted octanol–water partition coefficient (Wildman–Crippen LogP) is 2.21. The number of aryl methyl sites for hydroxylation is 2. The summed E-state index contributed by atoms with van der Waals surface area (Å²) >= 11 is 4.17. The Morgan fingerprint density at radius 3 is 3.15 bits per heavy atom. The van der Waals surface area contributed by atoms with Crippen LogP contribution < -0.4 is 5.32 Å². The lowest BCUT2D eigenvalue weighted by Gasteiger charge is -2.21. The summed E-state index contributed by atoms with van der Waals surface area (Å²) < 4.78 is 1.85. The van der Waals surface area contributed by atoms with Gasteiger partial charge in [0.1, 0.15) is 0 Å². The molecule has 20 heavy (non-hydrogen) atoms. The van der Waals surface area contributed by atoms with Crippen molar-refractivity contribution < 1.29 is 0 Å². The van der Waals surface area contributed by atoms with Crippen molar-refractivity contribution in [2.45, 2.75) is 18.7 Å². The highest BCUT2D eigenvalue weighted by molar-refractivity contribution is 8.06. The van der Waals surface area contributed by atoms with E-state index < -0.39 is 0 Å². The zero-order chi connectivity index (χ0) is 13.9. The number of pyridine rings is 1. The number of nitrogens with zero attached hydrogens (tertiary/aromatic N) is 3. The van der Waals surface area contributed by atoms with Gasteiger partial charge in [0.2, 0.25) is 0 Å². The fraction of sp³-hybridized carbons (Fsp3) is 0.571. The quantitative estimate of drug-likeness (QED) is 0.938. The average molecular weight is 308 g/mol.